The Morgan fingerprint density at radius 1 is 1.08 bits per heavy atom. The van der Waals surface area contributed by atoms with Crippen LogP contribution in [-0.2, 0) is 6.54 Å². The van der Waals surface area contributed by atoms with E-state index in [4.69, 9.17) is 23.2 Å². The summed E-state index contributed by atoms with van der Waals surface area (Å²) in [6, 6.07) is 13.1. The van der Waals surface area contributed by atoms with Crippen LogP contribution in [-0.4, -0.2) is 48.8 Å². The van der Waals surface area contributed by atoms with Gasteiger partial charge in [-0.3, -0.25) is 9.69 Å². The summed E-state index contributed by atoms with van der Waals surface area (Å²) in [6.45, 7) is 5.20. The molecule has 136 valence electrons. The van der Waals surface area contributed by atoms with Crippen molar-refractivity contribution in [1.82, 2.24) is 9.80 Å². The zero-order chi connectivity index (χ0) is 18.5. The number of hydrogen-bond donors (Lipinski definition) is 0. The Morgan fingerprint density at radius 3 is 2.54 bits per heavy atom. The third-order valence-electron chi connectivity index (χ3n) is 4.66. The van der Waals surface area contributed by atoms with E-state index in [2.05, 4.69) is 22.9 Å². The molecule has 1 aliphatic heterocycles. The first-order chi connectivity index (χ1) is 12.5. The van der Waals surface area contributed by atoms with E-state index in [0.29, 0.717) is 15.6 Å². The number of nitrogens with zero attached hydrogens (tertiary/aromatic N) is 2. The van der Waals surface area contributed by atoms with Crippen LogP contribution in [0.1, 0.15) is 21.5 Å². The number of piperazine rings is 1. The Balaban J connectivity index is 1.73. The summed E-state index contributed by atoms with van der Waals surface area (Å²) in [7, 11) is 2.15. The molecule has 0 aliphatic carbocycles. The van der Waals surface area contributed by atoms with E-state index in [1.807, 2.05) is 24.3 Å². The van der Waals surface area contributed by atoms with E-state index >= 15 is 0 Å². The lowest BCUT2D eigenvalue weighted by Gasteiger charge is -2.32. The molecule has 2 aromatic rings. The lowest BCUT2D eigenvalue weighted by atomic mass is 10.0. The van der Waals surface area contributed by atoms with Gasteiger partial charge >= 0.3 is 0 Å². The minimum absolute atomic E-state index is 0.124. The molecule has 0 unspecified atom stereocenters. The van der Waals surface area contributed by atoms with E-state index in [0.717, 1.165) is 38.3 Å². The fourth-order valence-corrected chi connectivity index (χ4v) is 3.53. The molecule has 1 heterocycles. The van der Waals surface area contributed by atoms with Crippen molar-refractivity contribution in [2.45, 2.75) is 6.54 Å². The highest BCUT2D eigenvalue weighted by Crippen LogP contribution is 2.22. The molecule has 0 aromatic heterocycles. The Labute approximate surface area is 164 Å². The Hall–Kier alpha value is -1.65. The van der Waals surface area contributed by atoms with E-state index in [1.54, 1.807) is 24.3 Å². The van der Waals surface area contributed by atoms with Crippen LogP contribution in [0, 0.1) is 0 Å². The monoisotopic (exact) mass is 388 g/mol. The van der Waals surface area contributed by atoms with Crippen molar-refractivity contribution in [1.29, 1.82) is 0 Å². The van der Waals surface area contributed by atoms with Crippen molar-refractivity contribution in [2.75, 3.05) is 33.2 Å². The topological polar surface area (TPSA) is 23.6 Å². The highest BCUT2D eigenvalue weighted by atomic mass is 35.5. The second-order valence-corrected chi connectivity index (χ2v) is 7.44. The molecule has 0 radical (unpaired) electrons. The molecular formula is C21H22Cl2N2O. The molecule has 0 spiro atoms. The highest BCUT2D eigenvalue weighted by molar-refractivity contribution is 6.37. The van der Waals surface area contributed by atoms with Gasteiger partial charge in [0.25, 0.3) is 0 Å². The van der Waals surface area contributed by atoms with Gasteiger partial charge < -0.3 is 4.90 Å². The summed E-state index contributed by atoms with van der Waals surface area (Å²) >= 11 is 12.0. The number of carbonyl (C=O) groups excluding carboxylic acids is 1. The minimum Gasteiger partial charge on any atom is -0.304 e. The van der Waals surface area contributed by atoms with Crippen LogP contribution in [0.5, 0.6) is 0 Å². The normalized spacial score (nSPS) is 16.3. The Bertz CT molecular complexity index is 811. The summed E-state index contributed by atoms with van der Waals surface area (Å²) in [6.07, 6.45) is 3.45. The molecule has 2 aromatic carbocycles. The lowest BCUT2D eigenvalue weighted by molar-refractivity contribution is 0.104. The van der Waals surface area contributed by atoms with Crippen LogP contribution < -0.4 is 0 Å². The van der Waals surface area contributed by atoms with E-state index in [9.17, 15) is 4.79 Å². The predicted octanol–water partition coefficient (Wildman–Crippen LogP) is 4.64. The van der Waals surface area contributed by atoms with Gasteiger partial charge in [-0.15, -0.1) is 0 Å². The molecule has 0 atom stereocenters. The van der Waals surface area contributed by atoms with Crippen molar-refractivity contribution < 1.29 is 4.79 Å². The largest absolute Gasteiger partial charge is 0.304 e. The van der Waals surface area contributed by atoms with Crippen molar-refractivity contribution in [3.8, 4) is 0 Å². The van der Waals surface area contributed by atoms with Crippen LogP contribution in [0.4, 0.5) is 0 Å². The zero-order valence-electron chi connectivity index (χ0n) is 14.8. The fourth-order valence-electron chi connectivity index (χ4n) is 3.03. The zero-order valence-corrected chi connectivity index (χ0v) is 16.3. The Morgan fingerprint density at radius 2 is 1.81 bits per heavy atom. The number of benzene rings is 2. The van der Waals surface area contributed by atoms with E-state index in [-0.39, 0.29) is 5.78 Å². The van der Waals surface area contributed by atoms with Gasteiger partial charge in [0, 0.05) is 43.3 Å². The molecule has 1 saturated heterocycles. The summed E-state index contributed by atoms with van der Waals surface area (Å²) in [5.74, 6) is -0.124. The SMILES string of the molecule is CN1CCN(Cc2ccccc2/C=C/C(=O)c2ccc(Cl)cc2Cl)CC1. The molecule has 0 bridgehead atoms. The number of rotatable bonds is 5. The molecule has 5 heteroatoms. The molecule has 3 nitrogen and oxygen atoms in total. The first-order valence-electron chi connectivity index (χ1n) is 8.69. The standard InChI is InChI=1S/C21H22Cl2N2O/c1-24-10-12-25(13-11-24)15-17-5-3-2-4-16(17)6-9-21(26)19-8-7-18(22)14-20(19)23/h2-9,14H,10-13,15H2,1H3/b9-6+. The van der Waals surface area contributed by atoms with Crippen molar-refractivity contribution in [3.63, 3.8) is 0 Å². The van der Waals surface area contributed by atoms with Gasteiger partial charge in [0.15, 0.2) is 5.78 Å². The number of hydrogen-bond acceptors (Lipinski definition) is 3. The van der Waals surface area contributed by atoms with Gasteiger partial charge in [-0.2, -0.15) is 0 Å². The first-order valence-corrected chi connectivity index (χ1v) is 9.45. The molecule has 3 rings (SSSR count). The maximum absolute atomic E-state index is 12.5. The van der Waals surface area contributed by atoms with Gasteiger partial charge in [0.05, 0.1) is 5.02 Å². The third-order valence-corrected chi connectivity index (χ3v) is 5.20. The Kier molecular flexibility index (Phi) is 6.49. The highest BCUT2D eigenvalue weighted by Gasteiger charge is 2.15. The number of likely N-dealkylation sites (N-methyl/N-ethyl adjacent to an activating group) is 1. The van der Waals surface area contributed by atoms with Crippen molar-refractivity contribution in [2.24, 2.45) is 0 Å². The maximum Gasteiger partial charge on any atom is 0.187 e. The second-order valence-electron chi connectivity index (χ2n) is 6.60. The summed E-state index contributed by atoms with van der Waals surface area (Å²) in [5.41, 5.74) is 2.75. The minimum atomic E-state index is -0.124. The van der Waals surface area contributed by atoms with Gasteiger partial charge in [-0.25, -0.2) is 0 Å². The van der Waals surface area contributed by atoms with Crippen LogP contribution >= 0.6 is 23.2 Å². The van der Waals surface area contributed by atoms with Crippen LogP contribution in [0.3, 0.4) is 0 Å². The summed E-state index contributed by atoms with van der Waals surface area (Å²) in [5, 5.41) is 0.894. The van der Waals surface area contributed by atoms with Gasteiger partial charge in [0.1, 0.15) is 0 Å². The molecule has 0 N–H and O–H groups in total. The van der Waals surface area contributed by atoms with Crippen molar-refractivity contribution >= 4 is 35.1 Å². The average Bonchev–Trinajstić information content (AvgIpc) is 2.62. The second kappa shape index (κ2) is 8.83. The van der Waals surface area contributed by atoms with E-state index in [1.165, 1.54) is 5.56 Å². The van der Waals surface area contributed by atoms with Crippen LogP contribution in [0.15, 0.2) is 48.5 Å². The maximum atomic E-state index is 12.5. The van der Waals surface area contributed by atoms with Crippen LogP contribution in [0.25, 0.3) is 6.08 Å². The average molecular weight is 389 g/mol. The quantitative estimate of drug-likeness (QED) is 0.550. The predicted molar refractivity (Wildman–Crippen MR) is 109 cm³/mol. The van der Waals surface area contributed by atoms with Gasteiger partial charge in [0.2, 0.25) is 0 Å². The van der Waals surface area contributed by atoms with Gasteiger partial charge in [-0.1, -0.05) is 53.5 Å². The number of allylic oxidation sites excluding steroid dienone is 1. The molecule has 0 amide bonds. The van der Waals surface area contributed by atoms with Gasteiger partial charge in [-0.05, 0) is 42.4 Å². The molecule has 0 saturated carbocycles. The van der Waals surface area contributed by atoms with Crippen molar-refractivity contribution in [3.05, 3.63) is 75.3 Å². The summed E-state index contributed by atoms with van der Waals surface area (Å²) in [4.78, 5) is 17.3. The molecule has 26 heavy (non-hydrogen) atoms. The number of carbonyl (C=O) groups is 1. The lowest BCUT2D eigenvalue weighted by Crippen LogP contribution is -2.43. The van der Waals surface area contributed by atoms with E-state index < -0.39 is 0 Å². The number of ketones is 1. The summed E-state index contributed by atoms with van der Waals surface area (Å²) < 4.78 is 0. The third kappa shape index (κ3) is 4.95. The first kappa shape index (κ1) is 19.1. The number of halogens is 2. The molecule has 1 aliphatic rings. The molecular weight excluding hydrogens is 367 g/mol. The molecule has 1 fully saturated rings. The smallest absolute Gasteiger partial charge is 0.187 e. The fraction of sp³-hybridized carbons (Fsp3) is 0.286. The van der Waals surface area contributed by atoms with Crippen LogP contribution in [0.2, 0.25) is 10.0 Å².